The van der Waals surface area contributed by atoms with E-state index in [0.717, 1.165) is 38.4 Å². The molecule has 1 aromatic rings. The van der Waals surface area contributed by atoms with Crippen molar-refractivity contribution in [3.05, 3.63) is 23.9 Å². The van der Waals surface area contributed by atoms with Crippen LogP contribution in [0.5, 0.6) is 0 Å². The minimum absolute atomic E-state index is 0.0413. The highest BCUT2D eigenvalue weighted by Gasteiger charge is 2.29. The summed E-state index contributed by atoms with van der Waals surface area (Å²) in [6.07, 6.45) is 3.54. The van der Waals surface area contributed by atoms with E-state index in [1.54, 1.807) is 6.07 Å². The maximum atomic E-state index is 12.2. The van der Waals surface area contributed by atoms with E-state index in [1.807, 2.05) is 12.1 Å². The predicted molar refractivity (Wildman–Crippen MR) is 93.9 cm³/mol. The van der Waals surface area contributed by atoms with Crippen LogP contribution in [0, 0.1) is 5.92 Å². The van der Waals surface area contributed by atoms with Crippen LogP contribution < -0.4 is 15.5 Å². The van der Waals surface area contributed by atoms with Gasteiger partial charge in [-0.05, 0) is 49.2 Å². The van der Waals surface area contributed by atoms with Crippen LogP contribution in [0.1, 0.15) is 29.8 Å². The van der Waals surface area contributed by atoms with Crippen LogP contribution in [-0.4, -0.2) is 58.1 Å². The summed E-state index contributed by atoms with van der Waals surface area (Å²) >= 11 is 0. The molecule has 2 fully saturated rings. The summed E-state index contributed by atoms with van der Waals surface area (Å²) in [5.74, 6) is 1.52. The van der Waals surface area contributed by atoms with Crippen LogP contribution in [-0.2, 0) is 0 Å². The maximum absolute atomic E-state index is 12.2. The average Bonchev–Trinajstić information content (AvgIpc) is 3.32. The first kappa shape index (κ1) is 15.4. The van der Waals surface area contributed by atoms with E-state index in [0.29, 0.717) is 11.6 Å². The lowest BCUT2D eigenvalue weighted by molar-refractivity contribution is 0.0947. The van der Waals surface area contributed by atoms with Crippen molar-refractivity contribution < 1.29 is 4.79 Å². The van der Waals surface area contributed by atoms with Gasteiger partial charge in [-0.2, -0.15) is 0 Å². The van der Waals surface area contributed by atoms with Crippen LogP contribution in [0.2, 0.25) is 0 Å². The predicted octanol–water partition coefficient (Wildman–Crippen LogP) is -1.06. The van der Waals surface area contributed by atoms with Crippen molar-refractivity contribution in [2.45, 2.75) is 24.6 Å². The van der Waals surface area contributed by atoms with E-state index in [9.17, 15) is 4.79 Å². The Balaban J connectivity index is 1.75. The van der Waals surface area contributed by atoms with E-state index < -0.39 is 0 Å². The number of rotatable bonds is 4. The zero-order chi connectivity index (χ0) is 15.6. The van der Waals surface area contributed by atoms with Crippen molar-refractivity contribution in [1.82, 2.24) is 15.6 Å². The molecule has 1 saturated carbocycles. The van der Waals surface area contributed by atoms with E-state index in [2.05, 4.69) is 36.2 Å². The van der Waals surface area contributed by atoms with Gasteiger partial charge >= 0.3 is 0 Å². The minimum atomic E-state index is -0.0560. The van der Waals surface area contributed by atoms with Crippen LogP contribution in [0.25, 0.3) is 0 Å². The van der Waals surface area contributed by atoms with Gasteiger partial charge in [-0.25, -0.2) is 4.98 Å². The largest absolute Gasteiger partial charge is 0.366 e. The fourth-order valence-corrected chi connectivity index (χ4v) is 2.92. The number of aromatic nitrogens is 1. The highest BCUT2D eigenvalue weighted by molar-refractivity contribution is 6.41. The van der Waals surface area contributed by atoms with Gasteiger partial charge in [-0.1, -0.05) is 6.07 Å². The summed E-state index contributed by atoms with van der Waals surface area (Å²) in [6.45, 7) is 3.66. The molecule has 2 N–H and O–H groups in total. The zero-order valence-electron chi connectivity index (χ0n) is 13.6. The van der Waals surface area contributed by atoms with E-state index in [4.69, 9.17) is 0 Å². The third-order valence-electron chi connectivity index (χ3n) is 4.65. The van der Waals surface area contributed by atoms with Crippen molar-refractivity contribution in [2.24, 2.45) is 5.92 Å². The number of hydrogen-bond acceptors (Lipinski definition) is 4. The number of pyridine rings is 1. The first-order valence-electron chi connectivity index (χ1n) is 8.30. The quantitative estimate of drug-likeness (QED) is 0.696. The van der Waals surface area contributed by atoms with Gasteiger partial charge in [0.25, 0.3) is 5.91 Å². The molecule has 7 heteroatoms. The van der Waals surface area contributed by atoms with Crippen molar-refractivity contribution in [3.63, 3.8) is 0 Å². The number of nitrogens with one attached hydrogen (secondary N) is 2. The molecule has 0 atom stereocenters. The molecule has 0 unspecified atom stereocenters. The van der Waals surface area contributed by atoms with Crippen molar-refractivity contribution in [3.8, 4) is 0 Å². The van der Waals surface area contributed by atoms with Crippen molar-refractivity contribution in [2.75, 3.05) is 31.1 Å². The molecule has 5 nitrogen and oxygen atoms in total. The Bertz CT molecular complexity index is 548. The highest BCUT2D eigenvalue weighted by atomic mass is 16.1. The Hall–Kier alpha value is -1.49. The molecule has 1 aliphatic carbocycles. The summed E-state index contributed by atoms with van der Waals surface area (Å²) in [5.41, 5.74) is 0.520. The molecule has 0 radical (unpaired) electrons. The summed E-state index contributed by atoms with van der Waals surface area (Å²) in [6, 6.07) is 5.74. The first-order chi connectivity index (χ1) is 10.6. The number of carbonyl (C=O) groups is 1. The Morgan fingerprint density at radius 2 is 2.23 bits per heavy atom. The molecule has 1 amide bonds. The smallest absolute Gasteiger partial charge is 0.269 e. The van der Waals surface area contributed by atoms with E-state index >= 15 is 0 Å². The Morgan fingerprint density at radius 1 is 1.41 bits per heavy atom. The lowest BCUT2D eigenvalue weighted by atomic mass is 9.59. The van der Waals surface area contributed by atoms with Crippen molar-refractivity contribution >= 4 is 27.4 Å². The number of hydrogen-bond donors (Lipinski definition) is 2. The van der Waals surface area contributed by atoms with Gasteiger partial charge in [-0.3, -0.25) is 4.79 Å². The molecule has 116 valence electrons. The van der Waals surface area contributed by atoms with Gasteiger partial charge < -0.3 is 15.5 Å². The van der Waals surface area contributed by atoms with Crippen LogP contribution in [0.3, 0.4) is 0 Å². The lowest BCUT2D eigenvalue weighted by Gasteiger charge is -2.38. The lowest BCUT2D eigenvalue weighted by Crippen LogP contribution is -2.51. The van der Waals surface area contributed by atoms with Crippen LogP contribution in [0.4, 0.5) is 5.82 Å². The van der Waals surface area contributed by atoms with Gasteiger partial charge in [0.2, 0.25) is 0 Å². The third kappa shape index (κ3) is 3.64. The molecule has 1 aliphatic heterocycles. The Labute approximate surface area is 134 Å². The minimum Gasteiger partial charge on any atom is -0.366 e. The normalized spacial score (nSPS) is 21.2. The average molecular weight is 298 g/mol. The molecule has 22 heavy (non-hydrogen) atoms. The SMILES string of the molecule is BC1(B)CCNCCN1c1cccc(C(=O)NCC2CC2)n1. The third-order valence-corrected chi connectivity index (χ3v) is 4.65. The molecule has 1 saturated heterocycles. The summed E-state index contributed by atoms with van der Waals surface area (Å²) in [7, 11) is 4.48. The number of amides is 1. The van der Waals surface area contributed by atoms with Gasteiger partial charge in [0.1, 0.15) is 27.2 Å². The first-order valence-corrected chi connectivity index (χ1v) is 8.30. The fraction of sp³-hybridized carbons (Fsp3) is 0.600. The summed E-state index contributed by atoms with van der Waals surface area (Å²) in [5, 5.41) is 6.46. The Morgan fingerprint density at radius 3 is 3.00 bits per heavy atom. The van der Waals surface area contributed by atoms with Crippen LogP contribution in [0.15, 0.2) is 18.2 Å². The standard InChI is InChI=1S/C15H24B2N4O/c16-15(17)6-7-18-8-9-21(15)13-3-1-2-12(20-13)14(22)19-10-11-4-5-11/h1-3,11,18H,4-10,16-17H2,(H,19,22). The van der Waals surface area contributed by atoms with Gasteiger partial charge in [0, 0.05) is 19.6 Å². The van der Waals surface area contributed by atoms with Crippen LogP contribution >= 0.6 is 0 Å². The van der Waals surface area contributed by atoms with Crippen molar-refractivity contribution in [1.29, 1.82) is 0 Å². The molecule has 0 spiro atoms. The summed E-state index contributed by atoms with van der Waals surface area (Å²) in [4.78, 5) is 19.2. The molecular weight excluding hydrogens is 274 g/mol. The van der Waals surface area contributed by atoms with Gasteiger partial charge in [0.05, 0.1) is 0 Å². The molecule has 1 aromatic heterocycles. The molecular formula is C15H24B2N4O. The molecule has 0 aromatic carbocycles. The summed E-state index contributed by atoms with van der Waals surface area (Å²) < 4.78 is 0. The second kappa shape index (κ2) is 6.32. The monoisotopic (exact) mass is 298 g/mol. The Kier molecular flexibility index (Phi) is 4.43. The second-order valence-corrected chi connectivity index (χ2v) is 7.00. The fourth-order valence-electron chi connectivity index (χ4n) is 2.92. The number of carbonyl (C=O) groups excluding carboxylic acids is 1. The topological polar surface area (TPSA) is 57.3 Å². The van der Waals surface area contributed by atoms with E-state index in [-0.39, 0.29) is 11.2 Å². The van der Waals surface area contributed by atoms with Gasteiger partial charge in [0.15, 0.2) is 0 Å². The zero-order valence-corrected chi connectivity index (χ0v) is 13.6. The number of nitrogens with zero attached hydrogens (tertiary/aromatic N) is 2. The molecule has 3 rings (SSSR count). The second-order valence-electron chi connectivity index (χ2n) is 7.00. The van der Waals surface area contributed by atoms with Gasteiger partial charge in [-0.15, -0.1) is 0 Å². The molecule has 0 bridgehead atoms. The molecule has 2 aliphatic rings. The highest BCUT2D eigenvalue weighted by Crippen LogP contribution is 2.27. The van der Waals surface area contributed by atoms with E-state index in [1.165, 1.54) is 12.8 Å². The molecule has 2 heterocycles. The maximum Gasteiger partial charge on any atom is 0.269 e. The number of anilines is 1.